The Balaban J connectivity index is 2.18. The molecule has 0 aromatic carbocycles. The van der Waals surface area contributed by atoms with Gasteiger partial charge in [-0.2, -0.15) is 11.8 Å². The maximum absolute atomic E-state index is 4.14. The summed E-state index contributed by atoms with van der Waals surface area (Å²) in [5.41, 5.74) is 0. The summed E-state index contributed by atoms with van der Waals surface area (Å²) in [4.78, 5) is 4.14. The molecule has 1 atom stereocenters. The van der Waals surface area contributed by atoms with E-state index < -0.39 is 0 Å². The summed E-state index contributed by atoms with van der Waals surface area (Å²) in [6.07, 6.45) is 2.67. The minimum atomic E-state index is 0.706. The normalized spacial score (nSPS) is 21.5. The van der Waals surface area contributed by atoms with Gasteiger partial charge < -0.3 is 10.6 Å². The molecule has 5 heteroatoms. The minimum absolute atomic E-state index is 0.706. The molecule has 0 amide bonds. The predicted octanol–water partition coefficient (Wildman–Crippen LogP) is 1.96. The molecule has 1 heterocycles. The number of thioether (sulfide) groups is 1. The Kier molecular flexibility index (Phi) is 6.17. The molecule has 15 heavy (non-hydrogen) atoms. The molecule has 0 bridgehead atoms. The zero-order valence-electron chi connectivity index (χ0n) is 9.05. The molecule has 2 N–H and O–H groups in total. The third-order valence-corrected chi connectivity index (χ3v) is 3.87. The maximum Gasteiger partial charge on any atom is 0.191 e. The van der Waals surface area contributed by atoms with Crippen molar-refractivity contribution in [1.82, 2.24) is 10.6 Å². The zero-order valence-corrected chi connectivity index (χ0v) is 11.5. The molecule has 1 aliphatic heterocycles. The van der Waals surface area contributed by atoms with E-state index in [2.05, 4.69) is 38.1 Å². The summed E-state index contributed by atoms with van der Waals surface area (Å²) in [5, 5.41) is 7.24. The fraction of sp³-hybridized carbons (Fsp3) is 0.700. The van der Waals surface area contributed by atoms with E-state index in [4.69, 9.17) is 0 Å². The van der Waals surface area contributed by atoms with Crippen LogP contribution in [-0.2, 0) is 0 Å². The molecule has 0 radical (unpaired) electrons. The molecule has 0 spiro atoms. The number of aliphatic imine (C=N–C) groups is 1. The molecule has 0 saturated carbocycles. The van der Waals surface area contributed by atoms with Crippen molar-refractivity contribution in [2.24, 2.45) is 4.99 Å². The van der Waals surface area contributed by atoms with Gasteiger partial charge in [-0.05, 0) is 18.6 Å². The molecule has 1 aliphatic rings. The lowest BCUT2D eigenvalue weighted by Gasteiger charge is -2.14. The van der Waals surface area contributed by atoms with Crippen molar-refractivity contribution in [2.45, 2.75) is 18.1 Å². The molecule has 1 unspecified atom stereocenters. The van der Waals surface area contributed by atoms with Gasteiger partial charge in [0.05, 0.1) is 0 Å². The van der Waals surface area contributed by atoms with Gasteiger partial charge in [-0.25, -0.2) is 0 Å². The Hall–Kier alpha value is -0.160. The molecule has 86 valence electrons. The lowest BCUT2D eigenvalue weighted by molar-refractivity contribution is 0.733. The first-order valence-corrected chi connectivity index (χ1v) is 6.96. The molecule has 1 fully saturated rings. The molecule has 3 nitrogen and oxygen atoms in total. The van der Waals surface area contributed by atoms with Crippen LogP contribution in [0.5, 0.6) is 0 Å². The van der Waals surface area contributed by atoms with E-state index in [1.807, 2.05) is 11.8 Å². The average molecular weight is 292 g/mol. The Morgan fingerprint density at radius 3 is 2.93 bits per heavy atom. The second kappa shape index (κ2) is 7.17. The van der Waals surface area contributed by atoms with E-state index in [1.54, 1.807) is 7.05 Å². The molecule has 1 rings (SSSR count). The van der Waals surface area contributed by atoms with E-state index in [0.717, 1.165) is 22.2 Å². The van der Waals surface area contributed by atoms with Crippen LogP contribution in [0.1, 0.15) is 12.8 Å². The molecule has 0 aromatic rings. The molecule has 0 aromatic heterocycles. The van der Waals surface area contributed by atoms with E-state index in [-0.39, 0.29) is 0 Å². The third kappa shape index (κ3) is 5.47. The van der Waals surface area contributed by atoms with Gasteiger partial charge in [0.2, 0.25) is 0 Å². The molecule has 1 saturated heterocycles. The first kappa shape index (κ1) is 12.9. The van der Waals surface area contributed by atoms with E-state index in [1.165, 1.54) is 18.6 Å². The largest absolute Gasteiger partial charge is 0.355 e. The van der Waals surface area contributed by atoms with Crippen molar-refractivity contribution in [3.05, 3.63) is 11.1 Å². The molecular formula is C10H18BrN3S. The van der Waals surface area contributed by atoms with Gasteiger partial charge in [0.25, 0.3) is 0 Å². The Labute approximate surface area is 104 Å². The highest BCUT2D eigenvalue weighted by Crippen LogP contribution is 2.25. The Bertz CT molecular complexity index is 237. The van der Waals surface area contributed by atoms with Gasteiger partial charge in [0.15, 0.2) is 5.96 Å². The number of hydrogen-bond acceptors (Lipinski definition) is 2. The fourth-order valence-electron chi connectivity index (χ4n) is 1.42. The smallest absolute Gasteiger partial charge is 0.191 e. The van der Waals surface area contributed by atoms with Gasteiger partial charge in [-0.15, -0.1) is 0 Å². The van der Waals surface area contributed by atoms with Gasteiger partial charge in [-0.3, -0.25) is 4.99 Å². The Morgan fingerprint density at radius 1 is 1.60 bits per heavy atom. The van der Waals surface area contributed by atoms with Gasteiger partial charge in [-0.1, -0.05) is 22.5 Å². The summed E-state index contributed by atoms with van der Waals surface area (Å²) < 4.78 is 0.931. The lowest BCUT2D eigenvalue weighted by atomic mass is 10.2. The maximum atomic E-state index is 4.14. The van der Waals surface area contributed by atoms with Crippen LogP contribution in [0.2, 0.25) is 0 Å². The van der Waals surface area contributed by atoms with Crippen LogP contribution in [0.25, 0.3) is 0 Å². The number of rotatable bonds is 4. The fourth-order valence-corrected chi connectivity index (χ4v) is 2.76. The van der Waals surface area contributed by atoms with Crippen molar-refractivity contribution in [3.63, 3.8) is 0 Å². The third-order valence-electron chi connectivity index (χ3n) is 2.19. The van der Waals surface area contributed by atoms with Crippen molar-refractivity contribution in [3.8, 4) is 0 Å². The molecular weight excluding hydrogens is 274 g/mol. The van der Waals surface area contributed by atoms with Crippen molar-refractivity contribution < 1.29 is 0 Å². The van der Waals surface area contributed by atoms with Crippen LogP contribution in [0.15, 0.2) is 16.1 Å². The van der Waals surface area contributed by atoms with E-state index in [0.29, 0.717) is 6.54 Å². The van der Waals surface area contributed by atoms with Crippen LogP contribution in [0, 0.1) is 0 Å². The number of halogens is 1. The molecule has 0 aliphatic carbocycles. The second-order valence-electron chi connectivity index (χ2n) is 3.46. The average Bonchev–Trinajstić information content (AvgIpc) is 2.70. The van der Waals surface area contributed by atoms with Gasteiger partial charge in [0, 0.05) is 29.9 Å². The highest BCUT2D eigenvalue weighted by atomic mass is 79.9. The van der Waals surface area contributed by atoms with E-state index >= 15 is 0 Å². The summed E-state index contributed by atoms with van der Waals surface area (Å²) in [5.74, 6) is 2.15. The second-order valence-corrected chi connectivity index (χ2v) is 5.99. The zero-order chi connectivity index (χ0) is 11.1. The highest BCUT2D eigenvalue weighted by Gasteiger charge is 2.15. The SMILES string of the molecule is C=C(Br)CNC(=NC)NCC1CCCS1. The quantitative estimate of drug-likeness (QED) is 0.614. The van der Waals surface area contributed by atoms with Gasteiger partial charge in [0.1, 0.15) is 0 Å². The number of nitrogens with zero attached hydrogens (tertiary/aromatic N) is 1. The summed E-state index contributed by atoms with van der Waals surface area (Å²) in [6, 6.07) is 0. The summed E-state index contributed by atoms with van der Waals surface area (Å²) in [7, 11) is 1.79. The minimum Gasteiger partial charge on any atom is -0.355 e. The van der Waals surface area contributed by atoms with Crippen LogP contribution in [0.4, 0.5) is 0 Å². The van der Waals surface area contributed by atoms with Gasteiger partial charge >= 0.3 is 0 Å². The monoisotopic (exact) mass is 291 g/mol. The van der Waals surface area contributed by atoms with Crippen LogP contribution >= 0.6 is 27.7 Å². The first-order valence-electron chi connectivity index (χ1n) is 5.11. The first-order chi connectivity index (χ1) is 7.22. The van der Waals surface area contributed by atoms with Crippen molar-refractivity contribution in [2.75, 3.05) is 25.9 Å². The number of guanidine groups is 1. The van der Waals surface area contributed by atoms with Crippen LogP contribution < -0.4 is 10.6 Å². The number of nitrogens with one attached hydrogen (secondary N) is 2. The highest BCUT2D eigenvalue weighted by molar-refractivity contribution is 9.11. The van der Waals surface area contributed by atoms with E-state index in [9.17, 15) is 0 Å². The topological polar surface area (TPSA) is 36.4 Å². The van der Waals surface area contributed by atoms with Crippen LogP contribution in [0.3, 0.4) is 0 Å². The van der Waals surface area contributed by atoms with Crippen molar-refractivity contribution >= 4 is 33.7 Å². The predicted molar refractivity (Wildman–Crippen MR) is 72.9 cm³/mol. The lowest BCUT2D eigenvalue weighted by Crippen LogP contribution is -2.40. The summed E-state index contributed by atoms with van der Waals surface area (Å²) >= 11 is 5.35. The van der Waals surface area contributed by atoms with Crippen LogP contribution in [-0.4, -0.2) is 37.1 Å². The number of hydrogen-bond donors (Lipinski definition) is 2. The van der Waals surface area contributed by atoms with Crippen molar-refractivity contribution in [1.29, 1.82) is 0 Å². The standard InChI is InChI=1S/C10H18BrN3S/c1-8(11)6-13-10(12-2)14-7-9-4-3-5-15-9/h9H,1,3-7H2,2H3,(H2,12,13,14). The Morgan fingerprint density at radius 2 is 2.40 bits per heavy atom. The summed E-state index contributed by atoms with van der Waals surface area (Å²) in [6.45, 7) is 5.47.